The second-order valence-corrected chi connectivity index (χ2v) is 10.6. The third kappa shape index (κ3) is 19.6. The summed E-state index contributed by atoms with van der Waals surface area (Å²) in [7, 11) is -3.98. The predicted octanol–water partition coefficient (Wildman–Crippen LogP) is 7.45. The molecule has 2 N–H and O–H groups in total. The van der Waals surface area contributed by atoms with Crippen LogP contribution in [-0.4, -0.2) is 29.4 Å². The molecule has 0 bridgehead atoms. The molecule has 0 rings (SSSR count). The summed E-state index contributed by atoms with van der Waals surface area (Å²) in [5.74, 6) is 0. The zero-order valence-corrected chi connectivity index (χ0v) is 20.2. The van der Waals surface area contributed by atoms with E-state index in [2.05, 4.69) is 13.8 Å². The summed E-state index contributed by atoms with van der Waals surface area (Å²) in [6, 6.07) is 0. The molecule has 176 valence electrons. The molecular formula is C24H50O4S. The van der Waals surface area contributed by atoms with Crippen molar-refractivity contribution in [3.63, 3.8) is 0 Å². The van der Waals surface area contributed by atoms with Crippen molar-refractivity contribution < 1.29 is 18.1 Å². The summed E-state index contributed by atoms with van der Waals surface area (Å²) in [4.78, 5) is 0. The number of hydrogen-bond donors (Lipinski definition) is 2. The van der Waals surface area contributed by atoms with Crippen molar-refractivity contribution in [2.24, 2.45) is 0 Å². The van der Waals surface area contributed by atoms with Gasteiger partial charge in [-0.25, -0.2) is 0 Å². The van der Waals surface area contributed by atoms with Crippen LogP contribution in [0.25, 0.3) is 0 Å². The molecule has 5 heteroatoms. The molecule has 0 amide bonds. The molecule has 0 saturated heterocycles. The van der Waals surface area contributed by atoms with Gasteiger partial charge in [0, 0.05) is 0 Å². The van der Waals surface area contributed by atoms with Crippen molar-refractivity contribution in [3.05, 3.63) is 0 Å². The topological polar surface area (TPSA) is 74.6 Å². The van der Waals surface area contributed by atoms with Gasteiger partial charge in [0.25, 0.3) is 10.1 Å². The third-order valence-electron chi connectivity index (χ3n) is 6.01. The van der Waals surface area contributed by atoms with E-state index in [1.54, 1.807) is 0 Å². The maximum atomic E-state index is 11.7. The molecule has 29 heavy (non-hydrogen) atoms. The summed E-state index contributed by atoms with van der Waals surface area (Å²) in [5, 5.41) is 9.47. The first-order valence-corrected chi connectivity index (χ1v) is 14.1. The molecule has 0 aromatic heterocycles. The lowest BCUT2D eigenvalue weighted by molar-refractivity contribution is 0.147. The van der Waals surface area contributed by atoms with Crippen LogP contribution < -0.4 is 0 Å². The van der Waals surface area contributed by atoms with Crippen molar-refractivity contribution in [2.45, 2.75) is 154 Å². The standard InChI is InChI=1S/C24H50O4S/c1-3-5-7-9-11-13-15-17-21-24(29(26,27)28)22-18-20-23(25)19-16-14-12-10-8-6-4-2/h23-25H,3-22H2,1-2H3,(H,26,27,28). The highest BCUT2D eigenvalue weighted by atomic mass is 32.2. The van der Waals surface area contributed by atoms with Gasteiger partial charge in [0.05, 0.1) is 11.4 Å². The van der Waals surface area contributed by atoms with Crippen molar-refractivity contribution in [1.82, 2.24) is 0 Å². The van der Waals surface area contributed by atoms with Crippen molar-refractivity contribution >= 4 is 10.1 Å². The number of rotatable bonds is 22. The Hall–Kier alpha value is -0.130. The Bertz CT molecular complexity index is 436. The Morgan fingerprint density at radius 2 is 0.897 bits per heavy atom. The van der Waals surface area contributed by atoms with Crippen LogP contribution in [0.2, 0.25) is 0 Å². The molecule has 0 saturated carbocycles. The summed E-state index contributed by atoms with van der Waals surface area (Å²) in [5.41, 5.74) is 0. The van der Waals surface area contributed by atoms with E-state index in [-0.39, 0.29) is 6.10 Å². The molecule has 2 atom stereocenters. The highest BCUT2D eigenvalue weighted by Gasteiger charge is 2.22. The van der Waals surface area contributed by atoms with Gasteiger partial charge in [-0.3, -0.25) is 4.55 Å². The Labute approximate surface area is 182 Å². The molecule has 0 aromatic rings. The lowest BCUT2D eigenvalue weighted by atomic mass is 10.0. The van der Waals surface area contributed by atoms with Gasteiger partial charge in [0.2, 0.25) is 0 Å². The monoisotopic (exact) mass is 434 g/mol. The van der Waals surface area contributed by atoms with Gasteiger partial charge in [-0.15, -0.1) is 0 Å². The van der Waals surface area contributed by atoms with Gasteiger partial charge >= 0.3 is 0 Å². The van der Waals surface area contributed by atoms with E-state index >= 15 is 0 Å². The van der Waals surface area contributed by atoms with Gasteiger partial charge in [-0.05, 0) is 32.1 Å². The van der Waals surface area contributed by atoms with Crippen LogP contribution in [-0.2, 0) is 10.1 Å². The molecule has 0 spiro atoms. The van der Waals surface area contributed by atoms with Gasteiger partial charge in [0.15, 0.2) is 0 Å². The van der Waals surface area contributed by atoms with Gasteiger partial charge in [-0.1, -0.05) is 110 Å². The van der Waals surface area contributed by atoms with Crippen LogP contribution in [0.4, 0.5) is 0 Å². The average molecular weight is 435 g/mol. The zero-order chi connectivity index (χ0) is 21.8. The minimum atomic E-state index is -3.98. The van der Waals surface area contributed by atoms with E-state index < -0.39 is 15.4 Å². The lowest BCUT2D eigenvalue weighted by Gasteiger charge is -2.15. The van der Waals surface area contributed by atoms with Crippen LogP contribution in [0, 0.1) is 0 Å². The molecule has 4 nitrogen and oxygen atoms in total. The Balaban J connectivity index is 3.81. The van der Waals surface area contributed by atoms with E-state index in [0.29, 0.717) is 25.7 Å². The number of hydrogen-bond acceptors (Lipinski definition) is 3. The molecule has 0 fully saturated rings. The molecule has 0 aliphatic rings. The molecule has 0 heterocycles. The first-order valence-electron chi connectivity index (χ1n) is 12.6. The smallest absolute Gasteiger partial charge is 0.267 e. The molecular weight excluding hydrogens is 384 g/mol. The van der Waals surface area contributed by atoms with Gasteiger partial charge < -0.3 is 5.11 Å². The fourth-order valence-electron chi connectivity index (χ4n) is 4.01. The second-order valence-electron chi connectivity index (χ2n) is 8.90. The molecule has 0 aliphatic heterocycles. The first-order chi connectivity index (χ1) is 13.9. The maximum absolute atomic E-state index is 11.7. The van der Waals surface area contributed by atoms with Gasteiger partial charge in [0.1, 0.15) is 0 Å². The Morgan fingerprint density at radius 3 is 1.34 bits per heavy atom. The van der Waals surface area contributed by atoms with Crippen LogP contribution >= 0.6 is 0 Å². The molecule has 0 aliphatic carbocycles. The van der Waals surface area contributed by atoms with E-state index in [9.17, 15) is 18.1 Å². The first kappa shape index (κ1) is 28.9. The van der Waals surface area contributed by atoms with Crippen LogP contribution in [0.1, 0.15) is 142 Å². The molecule has 0 radical (unpaired) electrons. The number of aliphatic hydroxyl groups is 1. The van der Waals surface area contributed by atoms with Crippen molar-refractivity contribution in [2.75, 3.05) is 0 Å². The lowest BCUT2D eigenvalue weighted by Crippen LogP contribution is -2.21. The summed E-state index contributed by atoms with van der Waals surface area (Å²) < 4.78 is 32.8. The van der Waals surface area contributed by atoms with Crippen LogP contribution in [0.15, 0.2) is 0 Å². The Morgan fingerprint density at radius 1 is 0.552 bits per heavy atom. The van der Waals surface area contributed by atoms with E-state index in [1.807, 2.05) is 0 Å². The zero-order valence-electron chi connectivity index (χ0n) is 19.4. The van der Waals surface area contributed by atoms with E-state index in [4.69, 9.17) is 0 Å². The molecule has 0 aromatic carbocycles. The summed E-state index contributed by atoms with van der Waals surface area (Å²) in [6.07, 6.45) is 20.8. The predicted molar refractivity (Wildman–Crippen MR) is 125 cm³/mol. The van der Waals surface area contributed by atoms with Crippen LogP contribution in [0.5, 0.6) is 0 Å². The highest BCUT2D eigenvalue weighted by Crippen LogP contribution is 2.20. The summed E-state index contributed by atoms with van der Waals surface area (Å²) in [6.45, 7) is 4.43. The summed E-state index contributed by atoms with van der Waals surface area (Å²) >= 11 is 0. The molecule has 2 unspecified atom stereocenters. The fraction of sp³-hybridized carbons (Fsp3) is 1.00. The van der Waals surface area contributed by atoms with E-state index in [0.717, 1.165) is 32.1 Å². The SMILES string of the molecule is CCCCCCCCCCC(CCCC(O)CCCCCCCCC)S(=O)(=O)O. The number of unbranched alkanes of at least 4 members (excludes halogenated alkanes) is 13. The highest BCUT2D eigenvalue weighted by molar-refractivity contribution is 7.86. The quantitative estimate of drug-likeness (QED) is 0.137. The normalized spacial score (nSPS) is 14.2. The Kier molecular flexibility index (Phi) is 19.7. The minimum absolute atomic E-state index is 0.337. The van der Waals surface area contributed by atoms with Crippen molar-refractivity contribution in [3.8, 4) is 0 Å². The fourth-order valence-corrected chi connectivity index (χ4v) is 4.94. The maximum Gasteiger partial charge on any atom is 0.267 e. The van der Waals surface area contributed by atoms with Gasteiger partial charge in [-0.2, -0.15) is 8.42 Å². The third-order valence-corrected chi connectivity index (χ3v) is 7.32. The number of aliphatic hydroxyl groups excluding tert-OH is 1. The van der Waals surface area contributed by atoms with Crippen LogP contribution in [0.3, 0.4) is 0 Å². The minimum Gasteiger partial charge on any atom is -0.393 e. The largest absolute Gasteiger partial charge is 0.393 e. The van der Waals surface area contributed by atoms with Crippen molar-refractivity contribution in [1.29, 1.82) is 0 Å². The second kappa shape index (κ2) is 19.8. The van der Waals surface area contributed by atoms with E-state index in [1.165, 1.54) is 70.6 Å². The average Bonchev–Trinajstić information content (AvgIpc) is 2.67.